The quantitative estimate of drug-likeness (QED) is 0.801. The maximum absolute atomic E-state index is 5.96. The molecular formula is C16H26N2O. The number of rotatable bonds is 5. The number of hydrogen-bond acceptors (Lipinski definition) is 3. The molecule has 3 heteroatoms. The van der Waals surface area contributed by atoms with Crippen LogP contribution in [0.25, 0.3) is 0 Å². The summed E-state index contributed by atoms with van der Waals surface area (Å²) in [6, 6.07) is 6.70. The fourth-order valence-electron chi connectivity index (χ4n) is 2.32. The first-order valence-corrected chi connectivity index (χ1v) is 7.20. The summed E-state index contributed by atoms with van der Waals surface area (Å²) in [5, 5.41) is 3.32. The highest BCUT2D eigenvalue weighted by atomic mass is 16.5. The topological polar surface area (TPSA) is 47.3 Å². The summed E-state index contributed by atoms with van der Waals surface area (Å²) in [6.45, 7) is 10.2. The first kappa shape index (κ1) is 14.4. The Morgan fingerprint density at radius 2 is 2.05 bits per heavy atom. The van der Waals surface area contributed by atoms with Gasteiger partial charge in [0.2, 0.25) is 0 Å². The van der Waals surface area contributed by atoms with Crippen molar-refractivity contribution in [2.45, 2.75) is 38.5 Å². The normalized spacial score (nSPS) is 16.2. The van der Waals surface area contributed by atoms with Gasteiger partial charge in [-0.25, -0.2) is 0 Å². The lowest BCUT2D eigenvalue weighted by atomic mass is 9.84. The maximum Gasteiger partial charge on any atom is 0.123 e. The molecule has 1 fully saturated rings. The third-order valence-electron chi connectivity index (χ3n) is 3.67. The molecular weight excluding hydrogens is 236 g/mol. The van der Waals surface area contributed by atoms with E-state index in [1.165, 1.54) is 11.1 Å². The first-order valence-electron chi connectivity index (χ1n) is 7.20. The van der Waals surface area contributed by atoms with Gasteiger partial charge in [-0.15, -0.1) is 0 Å². The van der Waals surface area contributed by atoms with Crippen LogP contribution < -0.4 is 15.8 Å². The average Bonchev–Trinajstić information content (AvgIpc) is 2.26. The Kier molecular flexibility index (Phi) is 4.48. The molecule has 19 heavy (non-hydrogen) atoms. The molecule has 0 aromatic heterocycles. The van der Waals surface area contributed by atoms with E-state index in [1.54, 1.807) is 0 Å². The lowest BCUT2D eigenvalue weighted by Gasteiger charge is -2.30. The van der Waals surface area contributed by atoms with Gasteiger partial charge >= 0.3 is 0 Å². The number of benzene rings is 1. The van der Waals surface area contributed by atoms with E-state index in [9.17, 15) is 0 Å². The van der Waals surface area contributed by atoms with E-state index >= 15 is 0 Å². The molecule has 1 aliphatic heterocycles. The molecule has 1 aliphatic rings. The zero-order valence-corrected chi connectivity index (χ0v) is 12.3. The van der Waals surface area contributed by atoms with Gasteiger partial charge in [-0.05, 0) is 35.6 Å². The van der Waals surface area contributed by atoms with Gasteiger partial charge in [0.25, 0.3) is 0 Å². The molecule has 2 rings (SSSR count). The van der Waals surface area contributed by atoms with Crippen LogP contribution in [-0.4, -0.2) is 26.2 Å². The van der Waals surface area contributed by atoms with Crippen molar-refractivity contribution in [3.8, 4) is 5.75 Å². The third kappa shape index (κ3) is 3.48. The summed E-state index contributed by atoms with van der Waals surface area (Å²) in [5.74, 6) is 1.68. The van der Waals surface area contributed by atoms with Crippen molar-refractivity contribution < 1.29 is 4.74 Å². The molecule has 0 bridgehead atoms. The Bertz CT molecular complexity index is 419. The van der Waals surface area contributed by atoms with Gasteiger partial charge in [0.05, 0.1) is 6.61 Å². The van der Waals surface area contributed by atoms with Crippen LogP contribution in [-0.2, 0) is 5.41 Å². The van der Waals surface area contributed by atoms with Gasteiger partial charge in [-0.1, -0.05) is 32.9 Å². The predicted octanol–water partition coefficient (Wildman–Crippen LogP) is 2.40. The Balaban J connectivity index is 2.21. The van der Waals surface area contributed by atoms with E-state index in [0.29, 0.717) is 19.1 Å². The molecule has 3 nitrogen and oxygen atoms in total. The predicted molar refractivity (Wildman–Crippen MR) is 79.9 cm³/mol. The van der Waals surface area contributed by atoms with Crippen LogP contribution in [0.2, 0.25) is 0 Å². The smallest absolute Gasteiger partial charge is 0.123 e. The minimum atomic E-state index is 0.106. The molecule has 0 radical (unpaired) electrons. The first-order chi connectivity index (χ1) is 9.02. The van der Waals surface area contributed by atoms with Crippen molar-refractivity contribution in [1.29, 1.82) is 0 Å². The molecule has 1 heterocycles. The second-order valence-electron chi connectivity index (χ2n) is 6.35. The number of hydrogen-bond donors (Lipinski definition) is 2. The molecule has 0 atom stereocenters. The van der Waals surface area contributed by atoms with Crippen molar-refractivity contribution in [3.05, 3.63) is 29.3 Å². The molecule has 1 aromatic rings. The van der Waals surface area contributed by atoms with E-state index in [2.05, 4.69) is 44.3 Å². The minimum absolute atomic E-state index is 0.106. The molecule has 0 aliphatic carbocycles. The summed E-state index contributed by atoms with van der Waals surface area (Å²) in [7, 11) is 0. The highest BCUT2D eigenvalue weighted by Gasteiger charge is 2.23. The molecule has 0 amide bonds. The summed E-state index contributed by atoms with van der Waals surface area (Å²) < 4.78 is 5.96. The monoisotopic (exact) mass is 262 g/mol. The molecule has 1 saturated heterocycles. The molecule has 0 spiro atoms. The van der Waals surface area contributed by atoms with Gasteiger partial charge < -0.3 is 15.8 Å². The fraction of sp³-hybridized carbons (Fsp3) is 0.625. The van der Waals surface area contributed by atoms with Gasteiger partial charge in [0.15, 0.2) is 0 Å². The largest absolute Gasteiger partial charge is 0.493 e. The number of nitrogens with one attached hydrogen (secondary N) is 1. The standard InChI is InChI=1S/C16H26N2O/c1-16(2,3)14-6-5-12(13-10-18-11-13)9-15(14)19-8-4-7-17/h5-6,9,13,18H,4,7-8,10-11,17H2,1-3H3. The summed E-state index contributed by atoms with van der Waals surface area (Å²) in [5.41, 5.74) is 8.30. The van der Waals surface area contributed by atoms with Crippen molar-refractivity contribution in [3.63, 3.8) is 0 Å². The Hall–Kier alpha value is -1.06. The zero-order valence-electron chi connectivity index (χ0n) is 12.3. The summed E-state index contributed by atoms with van der Waals surface area (Å²) in [6.07, 6.45) is 0.902. The maximum atomic E-state index is 5.96. The van der Waals surface area contributed by atoms with Crippen LogP contribution in [0.5, 0.6) is 5.75 Å². The molecule has 3 N–H and O–H groups in total. The third-order valence-corrected chi connectivity index (χ3v) is 3.67. The number of ether oxygens (including phenoxy) is 1. The van der Waals surface area contributed by atoms with E-state index in [0.717, 1.165) is 25.3 Å². The van der Waals surface area contributed by atoms with Crippen LogP contribution >= 0.6 is 0 Å². The average molecular weight is 262 g/mol. The fourth-order valence-corrected chi connectivity index (χ4v) is 2.32. The SMILES string of the molecule is CC(C)(C)c1ccc(C2CNC2)cc1OCCCN. The summed E-state index contributed by atoms with van der Waals surface area (Å²) in [4.78, 5) is 0. The lowest BCUT2D eigenvalue weighted by molar-refractivity contribution is 0.304. The number of nitrogens with two attached hydrogens (primary N) is 1. The molecule has 106 valence electrons. The van der Waals surface area contributed by atoms with Gasteiger partial charge in [-0.2, -0.15) is 0 Å². The van der Waals surface area contributed by atoms with Crippen LogP contribution in [0.3, 0.4) is 0 Å². The van der Waals surface area contributed by atoms with Crippen molar-refractivity contribution in [1.82, 2.24) is 5.32 Å². The summed E-state index contributed by atoms with van der Waals surface area (Å²) >= 11 is 0. The zero-order chi connectivity index (χ0) is 13.9. The molecule has 0 saturated carbocycles. The molecule has 1 aromatic carbocycles. The van der Waals surface area contributed by atoms with Crippen molar-refractivity contribution in [2.24, 2.45) is 5.73 Å². The van der Waals surface area contributed by atoms with Gasteiger partial charge in [0, 0.05) is 19.0 Å². The Labute approximate surface area is 116 Å². The second kappa shape index (κ2) is 5.93. The van der Waals surface area contributed by atoms with Crippen LogP contribution in [0, 0.1) is 0 Å². The van der Waals surface area contributed by atoms with Gasteiger partial charge in [-0.3, -0.25) is 0 Å². The second-order valence-corrected chi connectivity index (χ2v) is 6.35. The van der Waals surface area contributed by atoms with Crippen LogP contribution in [0.4, 0.5) is 0 Å². The minimum Gasteiger partial charge on any atom is -0.493 e. The Morgan fingerprint density at radius 1 is 1.32 bits per heavy atom. The van der Waals surface area contributed by atoms with Crippen molar-refractivity contribution >= 4 is 0 Å². The van der Waals surface area contributed by atoms with Gasteiger partial charge in [0.1, 0.15) is 5.75 Å². The van der Waals surface area contributed by atoms with E-state index in [1.807, 2.05) is 0 Å². The highest BCUT2D eigenvalue weighted by Crippen LogP contribution is 2.34. The van der Waals surface area contributed by atoms with E-state index in [-0.39, 0.29) is 5.41 Å². The Morgan fingerprint density at radius 3 is 2.58 bits per heavy atom. The molecule has 0 unspecified atom stereocenters. The highest BCUT2D eigenvalue weighted by molar-refractivity contribution is 5.43. The lowest BCUT2D eigenvalue weighted by Crippen LogP contribution is -2.39. The van der Waals surface area contributed by atoms with Crippen LogP contribution in [0.1, 0.15) is 44.2 Å². The van der Waals surface area contributed by atoms with Crippen molar-refractivity contribution in [2.75, 3.05) is 26.2 Å². The van der Waals surface area contributed by atoms with E-state index < -0.39 is 0 Å². The van der Waals surface area contributed by atoms with E-state index in [4.69, 9.17) is 10.5 Å². The van der Waals surface area contributed by atoms with Crippen LogP contribution in [0.15, 0.2) is 18.2 Å².